The smallest absolute Gasteiger partial charge is 0.159 e. The molecule has 1 aromatic carbocycles. The summed E-state index contributed by atoms with van der Waals surface area (Å²) >= 11 is 0. The van der Waals surface area contributed by atoms with E-state index < -0.39 is 0 Å². The second kappa shape index (κ2) is 4.04. The number of benzene rings is 1. The molecule has 0 saturated carbocycles. The Morgan fingerprint density at radius 3 is 2.08 bits per heavy atom. The Hall–Kier alpha value is -1.37. The van der Waals surface area contributed by atoms with E-state index in [1.165, 1.54) is 0 Å². The van der Waals surface area contributed by atoms with Crippen LogP contribution in [0.4, 0.5) is 0 Å². The summed E-state index contributed by atoms with van der Waals surface area (Å²) in [5.74, 6) is 0.105. The molecule has 0 N–H and O–H groups in total. The van der Waals surface area contributed by atoms with E-state index in [2.05, 4.69) is 13.5 Å². The molecule has 13 heavy (non-hydrogen) atoms. The number of hydrogen-bond acceptors (Lipinski definition) is 1. The molecule has 1 nitrogen and oxygen atoms in total. The molecule has 0 fully saturated rings. The van der Waals surface area contributed by atoms with Crippen LogP contribution in [0.15, 0.2) is 30.8 Å². The molecule has 0 atom stereocenters. The van der Waals surface area contributed by atoms with Gasteiger partial charge >= 0.3 is 0 Å². The lowest BCUT2D eigenvalue weighted by Gasteiger charge is -2.02. The molecule has 68 valence electrons. The maximum absolute atomic E-state index is 11.0. The SMILES string of the molecule is C=C(CC)c1ccc(C(C)=O)cc1. The maximum Gasteiger partial charge on any atom is 0.159 e. The normalized spacial score (nSPS) is 9.69. The van der Waals surface area contributed by atoms with E-state index in [1.807, 2.05) is 24.3 Å². The molecule has 0 aromatic heterocycles. The third-order valence-corrected chi connectivity index (χ3v) is 2.13. The van der Waals surface area contributed by atoms with Crippen molar-refractivity contribution in [2.45, 2.75) is 20.3 Å². The van der Waals surface area contributed by atoms with E-state index in [0.29, 0.717) is 0 Å². The highest BCUT2D eigenvalue weighted by atomic mass is 16.1. The first kappa shape index (κ1) is 9.72. The fourth-order valence-corrected chi connectivity index (χ4v) is 1.14. The molecular formula is C12H14O. The van der Waals surface area contributed by atoms with Crippen molar-refractivity contribution in [3.63, 3.8) is 0 Å². The predicted octanol–water partition coefficient (Wildman–Crippen LogP) is 3.31. The van der Waals surface area contributed by atoms with Crippen LogP contribution in [0.25, 0.3) is 5.57 Å². The average Bonchev–Trinajstić information content (AvgIpc) is 2.17. The Morgan fingerprint density at radius 2 is 1.69 bits per heavy atom. The Labute approximate surface area is 79.1 Å². The number of rotatable bonds is 3. The van der Waals surface area contributed by atoms with Gasteiger partial charge in [0.1, 0.15) is 0 Å². The van der Waals surface area contributed by atoms with Gasteiger partial charge < -0.3 is 0 Å². The van der Waals surface area contributed by atoms with Crippen LogP contribution in [0.2, 0.25) is 0 Å². The van der Waals surface area contributed by atoms with Gasteiger partial charge in [-0.2, -0.15) is 0 Å². The Bertz CT molecular complexity index is 319. The van der Waals surface area contributed by atoms with Crippen LogP contribution in [0.1, 0.15) is 36.2 Å². The third-order valence-electron chi connectivity index (χ3n) is 2.13. The van der Waals surface area contributed by atoms with Crippen molar-refractivity contribution in [2.24, 2.45) is 0 Å². The molecule has 0 bridgehead atoms. The Balaban J connectivity index is 2.93. The largest absolute Gasteiger partial charge is 0.295 e. The van der Waals surface area contributed by atoms with E-state index in [-0.39, 0.29) is 5.78 Å². The van der Waals surface area contributed by atoms with Gasteiger partial charge in [0, 0.05) is 5.56 Å². The molecule has 1 heteroatoms. The zero-order chi connectivity index (χ0) is 9.84. The maximum atomic E-state index is 11.0. The summed E-state index contributed by atoms with van der Waals surface area (Å²) in [5.41, 5.74) is 2.98. The molecule has 1 aromatic rings. The first-order valence-corrected chi connectivity index (χ1v) is 4.44. The minimum Gasteiger partial charge on any atom is -0.295 e. The molecule has 1 rings (SSSR count). The molecule has 0 aliphatic heterocycles. The van der Waals surface area contributed by atoms with E-state index in [9.17, 15) is 4.79 Å². The number of hydrogen-bond donors (Lipinski definition) is 0. The fourth-order valence-electron chi connectivity index (χ4n) is 1.14. The first-order valence-electron chi connectivity index (χ1n) is 4.44. The lowest BCUT2D eigenvalue weighted by Crippen LogP contribution is -1.91. The van der Waals surface area contributed by atoms with Gasteiger partial charge in [0.25, 0.3) is 0 Å². The molecule has 0 radical (unpaired) electrons. The number of carbonyl (C=O) groups is 1. The molecule has 0 heterocycles. The van der Waals surface area contributed by atoms with Crippen LogP contribution in [0.5, 0.6) is 0 Å². The van der Waals surface area contributed by atoms with Gasteiger partial charge in [-0.25, -0.2) is 0 Å². The summed E-state index contributed by atoms with van der Waals surface area (Å²) in [6, 6.07) is 7.59. The molecule has 0 aliphatic carbocycles. The lowest BCUT2D eigenvalue weighted by atomic mass is 10.0. The predicted molar refractivity (Wildman–Crippen MR) is 55.8 cm³/mol. The Morgan fingerprint density at radius 1 is 1.23 bits per heavy atom. The van der Waals surface area contributed by atoms with Crippen molar-refractivity contribution in [1.82, 2.24) is 0 Å². The molecule has 0 spiro atoms. The van der Waals surface area contributed by atoms with Crippen LogP contribution in [-0.2, 0) is 0 Å². The van der Waals surface area contributed by atoms with Crippen LogP contribution in [0, 0.1) is 0 Å². The topological polar surface area (TPSA) is 17.1 Å². The minimum absolute atomic E-state index is 0.105. The fraction of sp³-hybridized carbons (Fsp3) is 0.250. The van der Waals surface area contributed by atoms with Gasteiger partial charge in [0.2, 0.25) is 0 Å². The highest BCUT2D eigenvalue weighted by Gasteiger charge is 1.99. The minimum atomic E-state index is 0.105. The summed E-state index contributed by atoms with van der Waals surface area (Å²) < 4.78 is 0. The lowest BCUT2D eigenvalue weighted by molar-refractivity contribution is 0.101. The van der Waals surface area contributed by atoms with Crippen LogP contribution in [-0.4, -0.2) is 5.78 Å². The molecule has 0 amide bonds. The Kier molecular flexibility index (Phi) is 3.02. The van der Waals surface area contributed by atoms with Crippen molar-refractivity contribution in [3.05, 3.63) is 42.0 Å². The van der Waals surface area contributed by atoms with Gasteiger partial charge in [-0.3, -0.25) is 4.79 Å². The second-order valence-corrected chi connectivity index (χ2v) is 3.09. The molecule has 0 saturated heterocycles. The van der Waals surface area contributed by atoms with Crippen molar-refractivity contribution in [2.75, 3.05) is 0 Å². The summed E-state index contributed by atoms with van der Waals surface area (Å²) in [5, 5.41) is 0. The van der Waals surface area contributed by atoms with E-state index in [4.69, 9.17) is 0 Å². The van der Waals surface area contributed by atoms with Gasteiger partial charge in [-0.05, 0) is 24.5 Å². The van der Waals surface area contributed by atoms with Gasteiger partial charge in [-0.1, -0.05) is 37.8 Å². The summed E-state index contributed by atoms with van der Waals surface area (Å²) in [6.45, 7) is 7.58. The number of carbonyl (C=O) groups excluding carboxylic acids is 1. The highest BCUT2D eigenvalue weighted by molar-refractivity contribution is 5.94. The van der Waals surface area contributed by atoms with Crippen molar-refractivity contribution >= 4 is 11.4 Å². The van der Waals surface area contributed by atoms with Crippen molar-refractivity contribution in [3.8, 4) is 0 Å². The second-order valence-electron chi connectivity index (χ2n) is 3.09. The number of ketones is 1. The first-order chi connectivity index (χ1) is 6.15. The van der Waals surface area contributed by atoms with Crippen LogP contribution >= 0.6 is 0 Å². The highest BCUT2D eigenvalue weighted by Crippen LogP contribution is 2.16. The van der Waals surface area contributed by atoms with Crippen molar-refractivity contribution in [1.29, 1.82) is 0 Å². The third kappa shape index (κ3) is 2.28. The molecular weight excluding hydrogens is 160 g/mol. The van der Waals surface area contributed by atoms with Crippen LogP contribution in [0.3, 0.4) is 0 Å². The van der Waals surface area contributed by atoms with Gasteiger partial charge in [-0.15, -0.1) is 0 Å². The summed E-state index contributed by atoms with van der Waals surface area (Å²) in [7, 11) is 0. The standard InChI is InChI=1S/C12H14O/c1-4-9(2)11-5-7-12(8-6-11)10(3)13/h5-8H,2,4H2,1,3H3. The zero-order valence-electron chi connectivity index (χ0n) is 8.13. The number of Topliss-reactive ketones (excluding diaryl/α,β-unsaturated/α-hetero) is 1. The summed E-state index contributed by atoms with van der Waals surface area (Å²) in [6.07, 6.45) is 0.944. The quantitative estimate of drug-likeness (QED) is 0.642. The number of allylic oxidation sites excluding steroid dienone is 1. The summed E-state index contributed by atoms with van der Waals surface area (Å²) in [4.78, 5) is 11.0. The molecule has 0 unspecified atom stereocenters. The van der Waals surface area contributed by atoms with E-state index >= 15 is 0 Å². The average molecular weight is 174 g/mol. The van der Waals surface area contributed by atoms with Crippen LogP contribution < -0.4 is 0 Å². The van der Waals surface area contributed by atoms with Gasteiger partial charge in [0.05, 0.1) is 0 Å². The van der Waals surface area contributed by atoms with Gasteiger partial charge in [0.15, 0.2) is 5.78 Å². The van der Waals surface area contributed by atoms with E-state index in [1.54, 1.807) is 6.92 Å². The monoisotopic (exact) mass is 174 g/mol. The van der Waals surface area contributed by atoms with Crippen molar-refractivity contribution < 1.29 is 4.79 Å². The zero-order valence-corrected chi connectivity index (χ0v) is 8.13. The molecule has 0 aliphatic rings. The van der Waals surface area contributed by atoms with E-state index in [0.717, 1.165) is 23.1 Å².